The number of anilines is 1. The predicted octanol–water partition coefficient (Wildman–Crippen LogP) is 0.471. The van der Waals surface area contributed by atoms with Crippen LogP contribution >= 0.6 is 0 Å². The third-order valence-electron chi connectivity index (χ3n) is 2.12. The van der Waals surface area contributed by atoms with E-state index in [1.807, 2.05) is 25.1 Å². The zero-order valence-corrected chi connectivity index (χ0v) is 8.60. The number of hydrazine groups is 1. The van der Waals surface area contributed by atoms with Gasteiger partial charge in [-0.3, -0.25) is 5.84 Å². The van der Waals surface area contributed by atoms with E-state index in [1.165, 1.54) is 0 Å². The van der Waals surface area contributed by atoms with Crippen molar-refractivity contribution < 1.29 is 0 Å². The van der Waals surface area contributed by atoms with Crippen LogP contribution in [0, 0.1) is 6.92 Å². The number of hydrogen-bond acceptors (Lipinski definition) is 5. The number of hydrogen-bond donors (Lipinski definition) is 2. The first-order valence-electron chi connectivity index (χ1n) is 4.52. The molecular weight excluding hydrogens is 192 g/mol. The van der Waals surface area contributed by atoms with E-state index in [2.05, 4.69) is 21.0 Å². The average Bonchev–Trinajstić information content (AvgIpc) is 2.63. The van der Waals surface area contributed by atoms with Crippen LogP contribution in [-0.2, 0) is 7.05 Å². The number of rotatable bonds is 2. The Morgan fingerprint density at radius 2 is 2.13 bits per heavy atom. The van der Waals surface area contributed by atoms with E-state index in [-0.39, 0.29) is 0 Å². The van der Waals surface area contributed by atoms with E-state index < -0.39 is 0 Å². The maximum atomic E-state index is 5.37. The molecule has 2 aromatic rings. The molecule has 3 N–H and O–H groups in total. The van der Waals surface area contributed by atoms with Crippen LogP contribution in [0.2, 0.25) is 0 Å². The first-order chi connectivity index (χ1) is 7.20. The Balaban J connectivity index is 2.53. The highest BCUT2D eigenvalue weighted by Crippen LogP contribution is 2.21. The molecule has 0 fully saturated rings. The predicted molar refractivity (Wildman–Crippen MR) is 56.8 cm³/mol. The minimum atomic E-state index is 0.718. The van der Waals surface area contributed by atoms with Crippen molar-refractivity contribution in [2.24, 2.45) is 12.9 Å². The summed E-state index contributed by atoms with van der Waals surface area (Å²) in [5.41, 5.74) is 5.49. The highest BCUT2D eigenvalue weighted by Gasteiger charge is 2.06. The number of aromatic nitrogens is 4. The molecule has 0 spiro atoms. The Morgan fingerprint density at radius 1 is 1.33 bits per heavy atom. The number of tetrazole rings is 1. The molecule has 0 aliphatic heterocycles. The van der Waals surface area contributed by atoms with Crippen molar-refractivity contribution in [3.05, 3.63) is 23.8 Å². The summed E-state index contributed by atoms with van der Waals surface area (Å²) in [4.78, 5) is 0. The molecule has 0 radical (unpaired) electrons. The second-order valence-corrected chi connectivity index (χ2v) is 3.36. The highest BCUT2D eigenvalue weighted by molar-refractivity contribution is 5.63. The van der Waals surface area contributed by atoms with Crippen molar-refractivity contribution in [3.63, 3.8) is 0 Å². The Labute approximate surface area is 87.1 Å². The Hall–Kier alpha value is -1.95. The molecule has 6 heteroatoms. The second-order valence-electron chi connectivity index (χ2n) is 3.36. The summed E-state index contributed by atoms with van der Waals surface area (Å²) in [6.07, 6.45) is 0. The van der Waals surface area contributed by atoms with Crippen LogP contribution in [0.5, 0.6) is 0 Å². The summed E-state index contributed by atoms with van der Waals surface area (Å²) in [7, 11) is 1.80. The Bertz CT molecular complexity index is 475. The van der Waals surface area contributed by atoms with Crippen LogP contribution in [0.15, 0.2) is 18.2 Å². The molecule has 0 saturated heterocycles. The molecule has 0 atom stereocenters. The van der Waals surface area contributed by atoms with E-state index in [4.69, 9.17) is 5.84 Å². The Kier molecular flexibility index (Phi) is 2.34. The molecule has 2 rings (SSSR count). The van der Waals surface area contributed by atoms with Gasteiger partial charge in [0.2, 0.25) is 0 Å². The van der Waals surface area contributed by atoms with Crippen molar-refractivity contribution in [2.75, 3.05) is 5.43 Å². The maximum absolute atomic E-state index is 5.37. The molecule has 0 amide bonds. The van der Waals surface area contributed by atoms with E-state index in [0.717, 1.165) is 22.6 Å². The summed E-state index contributed by atoms with van der Waals surface area (Å²) in [6, 6.07) is 5.86. The smallest absolute Gasteiger partial charge is 0.181 e. The van der Waals surface area contributed by atoms with Gasteiger partial charge in [-0.1, -0.05) is 0 Å². The second kappa shape index (κ2) is 3.66. The van der Waals surface area contributed by atoms with Gasteiger partial charge in [0.1, 0.15) is 0 Å². The van der Waals surface area contributed by atoms with Crippen molar-refractivity contribution in [1.29, 1.82) is 0 Å². The topological polar surface area (TPSA) is 81.7 Å². The normalized spacial score (nSPS) is 10.3. The van der Waals surface area contributed by atoms with E-state index in [0.29, 0.717) is 0 Å². The van der Waals surface area contributed by atoms with E-state index >= 15 is 0 Å². The molecule has 0 unspecified atom stereocenters. The van der Waals surface area contributed by atoms with Gasteiger partial charge in [0.15, 0.2) is 5.82 Å². The van der Waals surface area contributed by atoms with Crippen molar-refractivity contribution in [3.8, 4) is 11.4 Å². The van der Waals surface area contributed by atoms with Crippen molar-refractivity contribution >= 4 is 5.69 Å². The zero-order valence-electron chi connectivity index (χ0n) is 8.60. The highest BCUT2D eigenvalue weighted by atomic mass is 15.5. The van der Waals surface area contributed by atoms with Gasteiger partial charge in [-0.05, 0) is 41.1 Å². The molecule has 0 aliphatic rings. The summed E-state index contributed by atoms with van der Waals surface area (Å²) in [5.74, 6) is 6.09. The molecule has 1 aromatic carbocycles. The van der Waals surface area contributed by atoms with Crippen LogP contribution < -0.4 is 11.3 Å². The van der Waals surface area contributed by atoms with E-state index in [9.17, 15) is 0 Å². The Morgan fingerprint density at radius 3 is 2.73 bits per heavy atom. The summed E-state index contributed by atoms with van der Waals surface area (Å²) in [5, 5.41) is 11.3. The number of nitrogens with two attached hydrogens (primary N) is 1. The SMILES string of the molecule is Cc1cc(NN)cc(-c2nnnn2C)c1. The number of nitrogens with zero attached hydrogens (tertiary/aromatic N) is 4. The molecule has 1 heterocycles. The van der Waals surface area contributed by atoms with Gasteiger partial charge in [0.05, 0.1) is 0 Å². The first-order valence-corrected chi connectivity index (χ1v) is 4.52. The monoisotopic (exact) mass is 204 g/mol. The van der Waals surface area contributed by atoms with Crippen LogP contribution in [-0.4, -0.2) is 20.2 Å². The molecule has 0 saturated carbocycles. The third kappa shape index (κ3) is 1.79. The number of benzene rings is 1. The van der Waals surface area contributed by atoms with Gasteiger partial charge < -0.3 is 5.43 Å². The van der Waals surface area contributed by atoms with Gasteiger partial charge >= 0.3 is 0 Å². The first kappa shape index (κ1) is 9.60. The summed E-state index contributed by atoms with van der Waals surface area (Å²) < 4.78 is 1.62. The molecule has 1 aromatic heterocycles. The van der Waals surface area contributed by atoms with Crippen LogP contribution in [0.25, 0.3) is 11.4 Å². The van der Waals surface area contributed by atoms with Crippen LogP contribution in [0.4, 0.5) is 5.69 Å². The van der Waals surface area contributed by atoms with Crippen molar-refractivity contribution in [1.82, 2.24) is 20.2 Å². The average molecular weight is 204 g/mol. The van der Waals surface area contributed by atoms with Gasteiger partial charge in [-0.25, -0.2) is 4.68 Å². The maximum Gasteiger partial charge on any atom is 0.181 e. The third-order valence-corrected chi connectivity index (χ3v) is 2.12. The van der Waals surface area contributed by atoms with Gasteiger partial charge in [-0.2, -0.15) is 0 Å². The largest absolute Gasteiger partial charge is 0.324 e. The molecule has 78 valence electrons. The van der Waals surface area contributed by atoms with Gasteiger partial charge in [-0.15, -0.1) is 5.10 Å². The lowest BCUT2D eigenvalue weighted by Crippen LogP contribution is -2.07. The molecule has 0 bridgehead atoms. The van der Waals surface area contributed by atoms with Crippen molar-refractivity contribution in [2.45, 2.75) is 6.92 Å². The number of nitrogen functional groups attached to an aromatic ring is 1. The standard InChI is InChI=1S/C9H12N6/c1-6-3-7(5-8(4-6)11-10)9-12-13-14-15(9)2/h3-5,11H,10H2,1-2H3. The van der Waals surface area contributed by atoms with Gasteiger partial charge in [0, 0.05) is 18.3 Å². The summed E-state index contributed by atoms with van der Waals surface area (Å²) >= 11 is 0. The molecule has 15 heavy (non-hydrogen) atoms. The fourth-order valence-corrected chi connectivity index (χ4v) is 1.47. The number of nitrogens with one attached hydrogen (secondary N) is 1. The minimum Gasteiger partial charge on any atom is -0.324 e. The zero-order chi connectivity index (χ0) is 10.8. The molecule has 6 nitrogen and oxygen atoms in total. The quantitative estimate of drug-likeness (QED) is 0.549. The molecule has 0 aliphatic carbocycles. The fraction of sp³-hybridized carbons (Fsp3) is 0.222. The lowest BCUT2D eigenvalue weighted by atomic mass is 10.1. The fourth-order valence-electron chi connectivity index (χ4n) is 1.47. The molecular formula is C9H12N6. The lowest BCUT2D eigenvalue weighted by Gasteiger charge is -2.05. The van der Waals surface area contributed by atoms with Crippen LogP contribution in [0.1, 0.15) is 5.56 Å². The lowest BCUT2D eigenvalue weighted by molar-refractivity contribution is 0.714. The van der Waals surface area contributed by atoms with E-state index in [1.54, 1.807) is 11.7 Å². The van der Waals surface area contributed by atoms with Gasteiger partial charge in [0.25, 0.3) is 0 Å². The summed E-state index contributed by atoms with van der Waals surface area (Å²) in [6.45, 7) is 1.99. The van der Waals surface area contributed by atoms with Crippen LogP contribution in [0.3, 0.4) is 0 Å². The number of aryl methyl sites for hydroxylation is 2. The minimum absolute atomic E-state index is 0.718.